The zero-order chi connectivity index (χ0) is 27.6. The van der Waals surface area contributed by atoms with Crippen molar-refractivity contribution in [3.63, 3.8) is 0 Å². The summed E-state index contributed by atoms with van der Waals surface area (Å²) in [5.74, 6) is -1.74. The second-order valence-corrected chi connectivity index (χ2v) is 9.57. The quantitative estimate of drug-likeness (QED) is 0.126. The molecule has 0 saturated carbocycles. The van der Waals surface area contributed by atoms with Crippen molar-refractivity contribution < 1.29 is 37.0 Å². The van der Waals surface area contributed by atoms with E-state index in [4.69, 9.17) is 9.47 Å². The molecular formula is C29H45F3O5. The smallest absolute Gasteiger partial charge is 0.432 e. The zero-order valence-corrected chi connectivity index (χ0v) is 22.7. The second-order valence-electron chi connectivity index (χ2n) is 9.57. The van der Waals surface area contributed by atoms with Crippen LogP contribution in [0.1, 0.15) is 109 Å². The van der Waals surface area contributed by atoms with Gasteiger partial charge in [-0.3, -0.25) is 4.79 Å². The van der Waals surface area contributed by atoms with E-state index in [0.717, 1.165) is 32.8 Å². The van der Waals surface area contributed by atoms with Gasteiger partial charge < -0.3 is 14.2 Å². The van der Waals surface area contributed by atoms with Gasteiger partial charge in [0, 0.05) is 19.1 Å². The minimum absolute atomic E-state index is 0.286. The fraction of sp³-hybridized carbons (Fsp3) is 0.724. The third-order valence-corrected chi connectivity index (χ3v) is 6.71. The van der Waals surface area contributed by atoms with E-state index >= 15 is 0 Å². The molecule has 8 heteroatoms. The van der Waals surface area contributed by atoms with Crippen molar-refractivity contribution in [1.29, 1.82) is 0 Å². The molecular weight excluding hydrogens is 485 g/mol. The number of ether oxygens (including phenoxy) is 3. The van der Waals surface area contributed by atoms with E-state index in [1.807, 2.05) is 0 Å². The minimum atomic E-state index is -5.00. The molecule has 0 amide bonds. The summed E-state index contributed by atoms with van der Waals surface area (Å²) in [4.78, 5) is 24.4. The van der Waals surface area contributed by atoms with Crippen LogP contribution in [0.2, 0.25) is 0 Å². The molecule has 0 aromatic heterocycles. The number of unbranched alkanes of at least 4 members (excludes halogenated alkanes) is 10. The Balaban J connectivity index is 2.79. The number of hydrogen-bond acceptors (Lipinski definition) is 5. The van der Waals surface area contributed by atoms with Crippen LogP contribution in [0.25, 0.3) is 0 Å². The topological polar surface area (TPSA) is 61.8 Å². The molecule has 0 aliphatic heterocycles. The van der Waals surface area contributed by atoms with Crippen LogP contribution in [-0.2, 0) is 29.4 Å². The first-order valence-corrected chi connectivity index (χ1v) is 13.7. The second kappa shape index (κ2) is 18.2. The number of esters is 2. The van der Waals surface area contributed by atoms with Gasteiger partial charge in [-0.25, -0.2) is 4.79 Å². The van der Waals surface area contributed by atoms with E-state index in [1.165, 1.54) is 63.5 Å². The Morgan fingerprint density at radius 1 is 0.784 bits per heavy atom. The molecule has 2 atom stereocenters. The van der Waals surface area contributed by atoms with Crippen molar-refractivity contribution >= 4 is 11.9 Å². The van der Waals surface area contributed by atoms with Gasteiger partial charge in [-0.1, -0.05) is 95.0 Å². The summed E-state index contributed by atoms with van der Waals surface area (Å²) in [7, 11) is 2.21. The Hall–Kier alpha value is -2.09. The van der Waals surface area contributed by atoms with Crippen molar-refractivity contribution in [1.82, 2.24) is 0 Å². The highest BCUT2D eigenvalue weighted by Crippen LogP contribution is 2.43. The fourth-order valence-electron chi connectivity index (χ4n) is 4.49. The molecule has 0 fully saturated rings. The van der Waals surface area contributed by atoms with E-state index in [-0.39, 0.29) is 18.0 Å². The maximum absolute atomic E-state index is 14.3. The lowest BCUT2D eigenvalue weighted by Gasteiger charge is -2.34. The van der Waals surface area contributed by atoms with Crippen LogP contribution >= 0.6 is 0 Å². The predicted molar refractivity (Wildman–Crippen MR) is 138 cm³/mol. The van der Waals surface area contributed by atoms with Gasteiger partial charge in [0.1, 0.15) is 6.10 Å². The van der Waals surface area contributed by atoms with Gasteiger partial charge in [0.25, 0.3) is 5.60 Å². The normalized spacial score (nSPS) is 14.1. The first-order chi connectivity index (χ1) is 17.7. The Morgan fingerprint density at radius 3 is 1.78 bits per heavy atom. The van der Waals surface area contributed by atoms with E-state index in [0.29, 0.717) is 32.1 Å². The number of alkyl halides is 3. The molecule has 0 bridgehead atoms. The molecule has 0 spiro atoms. The van der Waals surface area contributed by atoms with Crippen molar-refractivity contribution in [2.45, 2.75) is 121 Å². The number of methoxy groups -OCH3 is 2. The SMILES string of the molecule is CCCCCCCCCCC[C@H](CCCCCC(=O)OC)OC(=O)[C@](OC)(c1ccccc1)C(F)(F)F. The van der Waals surface area contributed by atoms with Crippen molar-refractivity contribution in [3.8, 4) is 0 Å². The van der Waals surface area contributed by atoms with Gasteiger partial charge in [-0.2, -0.15) is 13.2 Å². The standard InChI is InChI=1S/C29H45F3O5/c1-4-5-6-7-8-9-10-11-16-21-25(22-17-13-18-23-26(33)35-2)37-27(34)28(36-3,29(30,31)32)24-19-14-12-15-20-24/h12,14-15,19-20,25H,4-11,13,16-18,21-23H2,1-3H3/t25-,28-/m1/s1. The van der Waals surface area contributed by atoms with E-state index in [9.17, 15) is 22.8 Å². The number of hydrogen-bond donors (Lipinski definition) is 0. The van der Waals surface area contributed by atoms with Crippen LogP contribution in [0.3, 0.4) is 0 Å². The molecule has 0 aliphatic carbocycles. The lowest BCUT2D eigenvalue weighted by molar-refractivity contribution is -0.278. The minimum Gasteiger partial charge on any atom is -0.469 e. The monoisotopic (exact) mass is 530 g/mol. The van der Waals surface area contributed by atoms with Crippen LogP contribution in [0.4, 0.5) is 13.2 Å². The molecule has 0 N–H and O–H groups in total. The number of carbonyl (C=O) groups is 2. The molecule has 1 rings (SSSR count). The molecule has 5 nitrogen and oxygen atoms in total. The molecule has 0 heterocycles. The van der Waals surface area contributed by atoms with E-state index in [2.05, 4.69) is 11.7 Å². The summed E-state index contributed by atoms with van der Waals surface area (Å²) in [5.41, 5.74) is -3.49. The fourth-order valence-corrected chi connectivity index (χ4v) is 4.49. The third kappa shape index (κ3) is 11.5. The van der Waals surface area contributed by atoms with Crippen LogP contribution in [0, 0.1) is 0 Å². The van der Waals surface area contributed by atoms with Crippen LogP contribution in [-0.4, -0.2) is 38.4 Å². The van der Waals surface area contributed by atoms with E-state index in [1.54, 1.807) is 6.07 Å². The summed E-state index contributed by atoms with van der Waals surface area (Å²) in [5, 5.41) is 0. The molecule has 1 aromatic carbocycles. The first-order valence-electron chi connectivity index (χ1n) is 13.7. The van der Waals surface area contributed by atoms with Gasteiger partial charge in [0.05, 0.1) is 7.11 Å². The summed E-state index contributed by atoms with van der Waals surface area (Å²) in [6, 6.07) is 6.89. The van der Waals surface area contributed by atoms with Crippen LogP contribution < -0.4 is 0 Å². The van der Waals surface area contributed by atoms with Gasteiger partial charge in [0.2, 0.25) is 0 Å². The lowest BCUT2D eigenvalue weighted by Crippen LogP contribution is -2.52. The summed E-state index contributed by atoms with van der Waals surface area (Å²) >= 11 is 0. The molecule has 0 radical (unpaired) electrons. The Labute approximate surface area is 220 Å². The zero-order valence-electron chi connectivity index (χ0n) is 22.7. The number of carbonyl (C=O) groups excluding carboxylic acids is 2. The largest absolute Gasteiger partial charge is 0.469 e. The van der Waals surface area contributed by atoms with E-state index < -0.39 is 23.9 Å². The molecule has 212 valence electrons. The third-order valence-electron chi connectivity index (χ3n) is 6.71. The molecule has 0 aliphatic rings. The highest BCUT2D eigenvalue weighted by molar-refractivity contribution is 5.82. The molecule has 0 saturated heterocycles. The molecule has 37 heavy (non-hydrogen) atoms. The summed E-state index contributed by atoms with van der Waals surface area (Å²) in [6.45, 7) is 2.19. The van der Waals surface area contributed by atoms with Crippen molar-refractivity contribution in [2.24, 2.45) is 0 Å². The average molecular weight is 531 g/mol. The number of benzene rings is 1. The highest BCUT2D eigenvalue weighted by Gasteiger charge is 2.64. The highest BCUT2D eigenvalue weighted by atomic mass is 19.4. The number of rotatable bonds is 20. The molecule has 0 unspecified atom stereocenters. The summed E-state index contributed by atoms with van der Waals surface area (Å²) in [6.07, 6.45) is 7.54. The number of halogens is 3. The Bertz CT molecular complexity index is 754. The lowest BCUT2D eigenvalue weighted by atomic mass is 9.92. The van der Waals surface area contributed by atoms with Crippen molar-refractivity contribution in [2.75, 3.05) is 14.2 Å². The first kappa shape index (κ1) is 32.9. The van der Waals surface area contributed by atoms with Gasteiger partial charge >= 0.3 is 18.1 Å². The predicted octanol–water partition coefficient (Wildman–Crippen LogP) is 8.05. The van der Waals surface area contributed by atoms with Crippen LogP contribution in [0.15, 0.2) is 30.3 Å². The van der Waals surface area contributed by atoms with Gasteiger partial charge in [0.15, 0.2) is 0 Å². The summed E-state index contributed by atoms with van der Waals surface area (Å²) < 4.78 is 57.8. The maximum Gasteiger partial charge on any atom is 0.432 e. The maximum atomic E-state index is 14.3. The average Bonchev–Trinajstić information content (AvgIpc) is 2.87. The van der Waals surface area contributed by atoms with Gasteiger partial charge in [-0.05, 0) is 32.1 Å². The Kier molecular flexibility index (Phi) is 16.2. The van der Waals surface area contributed by atoms with Crippen molar-refractivity contribution in [3.05, 3.63) is 35.9 Å². The molecule has 1 aromatic rings. The van der Waals surface area contributed by atoms with Crippen LogP contribution in [0.5, 0.6) is 0 Å². The van der Waals surface area contributed by atoms with Gasteiger partial charge in [-0.15, -0.1) is 0 Å². The Morgan fingerprint density at radius 2 is 1.30 bits per heavy atom.